The molecule has 4 rings (SSSR count). The van der Waals surface area contributed by atoms with Gasteiger partial charge in [-0.3, -0.25) is 4.79 Å². The molecule has 5 nitrogen and oxygen atoms in total. The molecule has 6 heteroatoms. The molecule has 0 radical (unpaired) electrons. The Hall–Kier alpha value is -3.31. The van der Waals surface area contributed by atoms with Crippen LogP contribution in [0.3, 0.4) is 0 Å². The van der Waals surface area contributed by atoms with E-state index in [1.54, 1.807) is 30.5 Å². The highest BCUT2D eigenvalue weighted by Crippen LogP contribution is 2.26. The van der Waals surface area contributed by atoms with E-state index in [4.69, 9.17) is 16.0 Å². The van der Waals surface area contributed by atoms with Crippen molar-refractivity contribution in [3.63, 3.8) is 0 Å². The molecule has 4 aromatic rings. The number of fused-ring (bicyclic) bond motifs is 1. The number of aromatic nitrogens is 1. The van der Waals surface area contributed by atoms with Gasteiger partial charge in [0.2, 0.25) is 0 Å². The fourth-order valence-electron chi connectivity index (χ4n) is 3.77. The normalized spacial score (nSPS) is 12.1. The van der Waals surface area contributed by atoms with Gasteiger partial charge in [-0.1, -0.05) is 44.5 Å². The van der Waals surface area contributed by atoms with Gasteiger partial charge >= 0.3 is 5.91 Å². The Kier molecular flexibility index (Phi) is 5.70. The zero-order chi connectivity index (χ0) is 23.0. The molecule has 2 aromatic carbocycles. The quantitative estimate of drug-likeness (QED) is 0.284. The molecular formula is C26H26ClN3O2. The van der Waals surface area contributed by atoms with Crippen molar-refractivity contribution >= 4 is 34.7 Å². The fraction of sp³-hybridized carbons (Fsp3) is 0.231. The van der Waals surface area contributed by atoms with Crippen molar-refractivity contribution in [2.24, 2.45) is 5.10 Å². The molecule has 0 saturated carbocycles. The van der Waals surface area contributed by atoms with E-state index in [9.17, 15) is 4.79 Å². The highest BCUT2D eigenvalue weighted by molar-refractivity contribution is 6.31. The Labute approximate surface area is 192 Å². The van der Waals surface area contributed by atoms with Crippen molar-refractivity contribution in [1.82, 2.24) is 9.99 Å². The van der Waals surface area contributed by atoms with Gasteiger partial charge in [-0.25, -0.2) is 5.43 Å². The molecule has 0 aliphatic rings. The Morgan fingerprint density at radius 1 is 1.06 bits per heavy atom. The maximum atomic E-state index is 12.4. The van der Waals surface area contributed by atoms with E-state index >= 15 is 0 Å². The van der Waals surface area contributed by atoms with Crippen molar-refractivity contribution in [3.05, 3.63) is 87.9 Å². The summed E-state index contributed by atoms with van der Waals surface area (Å²) in [4.78, 5) is 12.4. The van der Waals surface area contributed by atoms with Crippen LogP contribution in [-0.4, -0.2) is 16.7 Å². The number of carbonyl (C=O) groups is 1. The molecule has 0 aliphatic carbocycles. The first-order valence-corrected chi connectivity index (χ1v) is 10.8. The molecule has 0 atom stereocenters. The summed E-state index contributed by atoms with van der Waals surface area (Å²) in [5.41, 5.74) is 8.70. The fourth-order valence-corrected chi connectivity index (χ4v) is 3.95. The van der Waals surface area contributed by atoms with Crippen LogP contribution in [0.2, 0.25) is 5.02 Å². The molecule has 32 heavy (non-hydrogen) atoms. The van der Waals surface area contributed by atoms with Crippen LogP contribution < -0.4 is 5.43 Å². The molecule has 0 bridgehead atoms. The number of hydrogen-bond donors (Lipinski definition) is 1. The van der Waals surface area contributed by atoms with Crippen LogP contribution in [0, 0.1) is 13.8 Å². The predicted molar refractivity (Wildman–Crippen MR) is 130 cm³/mol. The summed E-state index contributed by atoms with van der Waals surface area (Å²) in [6.45, 7) is 10.7. The van der Waals surface area contributed by atoms with Gasteiger partial charge in [0.15, 0.2) is 5.76 Å². The van der Waals surface area contributed by atoms with Crippen molar-refractivity contribution in [3.8, 4) is 5.69 Å². The van der Waals surface area contributed by atoms with Crippen molar-refractivity contribution in [2.45, 2.75) is 40.0 Å². The van der Waals surface area contributed by atoms with Crippen molar-refractivity contribution in [1.29, 1.82) is 0 Å². The summed E-state index contributed by atoms with van der Waals surface area (Å²) in [6, 6.07) is 17.5. The van der Waals surface area contributed by atoms with Gasteiger partial charge in [0.05, 0.1) is 6.21 Å². The lowest BCUT2D eigenvalue weighted by Gasteiger charge is -2.20. The minimum Gasteiger partial charge on any atom is -0.451 e. The molecule has 164 valence electrons. The smallest absolute Gasteiger partial charge is 0.307 e. The Bertz CT molecular complexity index is 1320. The Morgan fingerprint density at radius 3 is 2.47 bits per heavy atom. The van der Waals surface area contributed by atoms with Gasteiger partial charge in [0.25, 0.3) is 0 Å². The van der Waals surface area contributed by atoms with Gasteiger partial charge in [0, 0.05) is 33.0 Å². The SMILES string of the molecule is Cc1cc(/C=N\NC(=O)c2cc3cc(Cl)ccc3o2)c(C)n1-c1ccc(C(C)(C)C)cc1. The molecule has 0 fully saturated rings. The second kappa shape index (κ2) is 8.32. The number of rotatable bonds is 4. The highest BCUT2D eigenvalue weighted by Gasteiger charge is 2.15. The number of hydrazone groups is 1. The molecular weight excluding hydrogens is 422 g/mol. The van der Waals surface area contributed by atoms with E-state index < -0.39 is 5.91 Å². The summed E-state index contributed by atoms with van der Waals surface area (Å²) >= 11 is 5.99. The van der Waals surface area contributed by atoms with E-state index in [1.807, 2.05) is 13.0 Å². The number of aryl methyl sites for hydroxylation is 1. The van der Waals surface area contributed by atoms with E-state index in [0.29, 0.717) is 10.6 Å². The summed E-state index contributed by atoms with van der Waals surface area (Å²) in [5, 5.41) is 5.50. The number of furan rings is 1. The lowest BCUT2D eigenvalue weighted by atomic mass is 9.87. The Balaban J connectivity index is 1.51. The number of benzene rings is 2. The molecule has 2 aromatic heterocycles. The predicted octanol–water partition coefficient (Wildman–Crippen LogP) is 6.56. The van der Waals surface area contributed by atoms with E-state index in [0.717, 1.165) is 28.0 Å². The summed E-state index contributed by atoms with van der Waals surface area (Å²) in [6.07, 6.45) is 1.65. The van der Waals surface area contributed by atoms with Crippen LogP contribution in [0.5, 0.6) is 0 Å². The van der Waals surface area contributed by atoms with Gasteiger partial charge in [-0.15, -0.1) is 0 Å². The van der Waals surface area contributed by atoms with Crippen molar-refractivity contribution in [2.75, 3.05) is 0 Å². The topological polar surface area (TPSA) is 59.5 Å². The van der Waals surface area contributed by atoms with Crippen LogP contribution in [0.4, 0.5) is 0 Å². The van der Waals surface area contributed by atoms with Gasteiger partial charge in [-0.05, 0) is 67.3 Å². The van der Waals surface area contributed by atoms with E-state index in [2.05, 4.69) is 67.1 Å². The lowest BCUT2D eigenvalue weighted by Crippen LogP contribution is -2.16. The zero-order valence-corrected chi connectivity index (χ0v) is 19.6. The average molecular weight is 448 g/mol. The average Bonchev–Trinajstić information content (AvgIpc) is 3.27. The molecule has 0 saturated heterocycles. The largest absolute Gasteiger partial charge is 0.451 e. The minimum atomic E-state index is -0.417. The first-order valence-electron chi connectivity index (χ1n) is 10.5. The van der Waals surface area contributed by atoms with Gasteiger partial charge in [-0.2, -0.15) is 5.10 Å². The molecule has 1 amide bonds. The van der Waals surface area contributed by atoms with Gasteiger partial charge in [0.1, 0.15) is 5.58 Å². The third-order valence-electron chi connectivity index (χ3n) is 5.53. The monoisotopic (exact) mass is 447 g/mol. The number of amides is 1. The molecule has 2 heterocycles. The highest BCUT2D eigenvalue weighted by atomic mass is 35.5. The summed E-state index contributed by atoms with van der Waals surface area (Å²) in [5.74, 6) is -0.232. The van der Waals surface area contributed by atoms with Crippen LogP contribution in [0.1, 0.15) is 53.8 Å². The third kappa shape index (κ3) is 4.34. The second-order valence-corrected chi connectivity index (χ2v) is 9.39. The summed E-state index contributed by atoms with van der Waals surface area (Å²) < 4.78 is 7.76. The molecule has 0 spiro atoms. The maximum absolute atomic E-state index is 12.4. The van der Waals surface area contributed by atoms with Crippen LogP contribution in [0.25, 0.3) is 16.7 Å². The van der Waals surface area contributed by atoms with E-state index in [-0.39, 0.29) is 11.2 Å². The van der Waals surface area contributed by atoms with Gasteiger partial charge < -0.3 is 8.98 Å². The number of carbonyl (C=O) groups excluding carboxylic acids is 1. The van der Waals surface area contributed by atoms with Crippen LogP contribution >= 0.6 is 11.6 Å². The molecule has 0 aliphatic heterocycles. The summed E-state index contributed by atoms with van der Waals surface area (Å²) in [7, 11) is 0. The molecule has 1 N–H and O–H groups in total. The van der Waals surface area contributed by atoms with Crippen LogP contribution in [-0.2, 0) is 5.41 Å². The Morgan fingerprint density at radius 2 is 1.78 bits per heavy atom. The van der Waals surface area contributed by atoms with E-state index in [1.165, 1.54) is 5.56 Å². The number of hydrogen-bond acceptors (Lipinski definition) is 3. The first kappa shape index (κ1) is 21.9. The standard InChI is InChI=1S/C26H26ClN3O2/c1-16-12-19(17(2)30(16)22-9-6-20(7-10-22)26(3,4)5)15-28-29-25(31)24-14-18-13-21(27)8-11-23(18)32-24/h6-15H,1-5H3,(H,29,31)/b28-15-. The minimum absolute atomic E-state index is 0.113. The number of nitrogens with zero attached hydrogens (tertiary/aromatic N) is 2. The second-order valence-electron chi connectivity index (χ2n) is 8.95. The number of nitrogens with one attached hydrogen (secondary N) is 1. The maximum Gasteiger partial charge on any atom is 0.307 e. The lowest BCUT2D eigenvalue weighted by molar-refractivity contribution is 0.0929. The molecule has 0 unspecified atom stereocenters. The van der Waals surface area contributed by atoms with Crippen LogP contribution in [0.15, 0.2) is 64.1 Å². The third-order valence-corrected chi connectivity index (χ3v) is 5.77. The number of halogens is 1. The van der Waals surface area contributed by atoms with Crippen molar-refractivity contribution < 1.29 is 9.21 Å². The zero-order valence-electron chi connectivity index (χ0n) is 18.9. The first-order chi connectivity index (χ1) is 15.1.